The van der Waals surface area contributed by atoms with E-state index in [4.69, 9.17) is 0 Å². The van der Waals surface area contributed by atoms with E-state index in [2.05, 4.69) is 4.98 Å². The van der Waals surface area contributed by atoms with Crippen molar-refractivity contribution in [3.05, 3.63) is 35.9 Å². The summed E-state index contributed by atoms with van der Waals surface area (Å²) in [5.74, 6) is 0.763. The Balaban J connectivity index is 2.46. The number of hydrogen-bond donors (Lipinski definition) is 2. The minimum atomic E-state index is -0.416. The van der Waals surface area contributed by atoms with E-state index in [1.165, 1.54) is 0 Å². The fourth-order valence-electron chi connectivity index (χ4n) is 2.05. The second-order valence-electron chi connectivity index (χ2n) is 4.54. The molecule has 0 saturated carbocycles. The highest BCUT2D eigenvalue weighted by Crippen LogP contribution is 2.22. The van der Waals surface area contributed by atoms with Gasteiger partial charge in [0.25, 0.3) is 0 Å². The molecule has 4 heteroatoms. The molecular formula is C14H18N2O2. The van der Waals surface area contributed by atoms with Crippen molar-refractivity contribution in [3.8, 4) is 0 Å². The highest BCUT2D eigenvalue weighted by atomic mass is 16.3. The number of fused-ring (bicyclic) bond motifs is 1. The lowest BCUT2D eigenvalue weighted by Gasteiger charge is -2.21. The monoisotopic (exact) mass is 246 g/mol. The summed E-state index contributed by atoms with van der Waals surface area (Å²) in [6.07, 6.45) is -0.416. The van der Waals surface area contributed by atoms with E-state index in [0.29, 0.717) is 6.54 Å². The maximum absolute atomic E-state index is 9.43. The van der Waals surface area contributed by atoms with Gasteiger partial charge in [-0.3, -0.25) is 0 Å². The van der Waals surface area contributed by atoms with Gasteiger partial charge in [0.05, 0.1) is 18.2 Å². The average Bonchev–Trinajstić information content (AvgIpc) is 2.36. The lowest BCUT2D eigenvalue weighted by molar-refractivity contribution is 0.201. The highest BCUT2D eigenvalue weighted by molar-refractivity contribution is 5.84. The molecule has 0 aliphatic heterocycles. The summed E-state index contributed by atoms with van der Waals surface area (Å²) < 4.78 is 0. The summed E-state index contributed by atoms with van der Waals surface area (Å²) in [7, 11) is 1.88. The lowest BCUT2D eigenvalue weighted by Crippen LogP contribution is -2.27. The van der Waals surface area contributed by atoms with Crippen LogP contribution >= 0.6 is 0 Å². The third kappa shape index (κ3) is 2.60. The van der Waals surface area contributed by atoms with Gasteiger partial charge in [-0.2, -0.15) is 0 Å². The van der Waals surface area contributed by atoms with Crippen molar-refractivity contribution < 1.29 is 10.2 Å². The first-order valence-corrected chi connectivity index (χ1v) is 6.00. The fraction of sp³-hybridized carbons (Fsp3) is 0.357. The van der Waals surface area contributed by atoms with Gasteiger partial charge in [0, 0.05) is 19.0 Å². The smallest absolute Gasteiger partial charge is 0.129 e. The van der Waals surface area contributed by atoms with E-state index in [1.807, 2.05) is 42.3 Å². The molecule has 96 valence electrons. The van der Waals surface area contributed by atoms with Crippen LogP contribution in [0.5, 0.6) is 0 Å². The molecule has 0 aliphatic carbocycles. The number of para-hydroxylation sites is 1. The van der Waals surface area contributed by atoms with E-state index in [0.717, 1.165) is 22.3 Å². The first-order valence-electron chi connectivity index (χ1n) is 6.00. The molecule has 0 saturated heterocycles. The minimum Gasteiger partial charge on any atom is -0.392 e. The van der Waals surface area contributed by atoms with Gasteiger partial charge in [0.2, 0.25) is 0 Å². The standard InChI is InChI=1S/C14H18N2O2/c1-10(18)8-16(2)14-7-11(9-17)12-5-3-4-6-13(12)15-14/h3-7,10,17-18H,8-9H2,1-2H3. The van der Waals surface area contributed by atoms with Crippen molar-refractivity contribution >= 4 is 16.7 Å². The first-order chi connectivity index (χ1) is 8.61. The number of aliphatic hydroxyl groups excluding tert-OH is 2. The second-order valence-corrected chi connectivity index (χ2v) is 4.54. The molecule has 1 aromatic carbocycles. The average molecular weight is 246 g/mol. The Kier molecular flexibility index (Phi) is 3.79. The van der Waals surface area contributed by atoms with Gasteiger partial charge in [-0.15, -0.1) is 0 Å². The molecule has 2 aromatic rings. The Hall–Kier alpha value is -1.65. The van der Waals surface area contributed by atoms with Gasteiger partial charge in [0.1, 0.15) is 5.82 Å². The molecular weight excluding hydrogens is 228 g/mol. The normalized spacial score (nSPS) is 12.7. The summed E-state index contributed by atoms with van der Waals surface area (Å²) in [6.45, 7) is 2.24. The van der Waals surface area contributed by atoms with Crippen molar-refractivity contribution in [2.75, 3.05) is 18.5 Å². The van der Waals surface area contributed by atoms with Crippen LogP contribution in [-0.2, 0) is 6.61 Å². The SMILES string of the molecule is CC(O)CN(C)c1cc(CO)c2ccccc2n1. The van der Waals surface area contributed by atoms with Crippen molar-refractivity contribution in [1.29, 1.82) is 0 Å². The van der Waals surface area contributed by atoms with Gasteiger partial charge in [0.15, 0.2) is 0 Å². The van der Waals surface area contributed by atoms with E-state index in [9.17, 15) is 10.2 Å². The molecule has 1 unspecified atom stereocenters. The lowest BCUT2D eigenvalue weighted by atomic mass is 10.1. The predicted octanol–water partition coefficient (Wildman–Crippen LogP) is 1.54. The van der Waals surface area contributed by atoms with E-state index in [1.54, 1.807) is 6.92 Å². The quantitative estimate of drug-likeness (QED) is 0.859. The van der Waals surface area contributed by atoms with Crippen LogP contribution in [0.4, 0.5) is 5.82 Å². The Morgan fingerprint density at radius 2 is 2.06 bits per heavy atom. The van der Waals surface area contributed by atoms with Crippen LogP contribution in [0.25, 0.3) is 10.9 Å². The number of nitrogens with zero attached hydrogens (tertiary/aromatic N) is 2. The maximum atomic E-state index is 9.43. The predicted molar refractivity (Wildman–Crippen MR) is 72.6 cm³/mol. The Bertz CT molecular complexity index is 540. The molecule has 2 rings (SSSR count). The van der Waals surface area contributed by atoms with Gasteiger partial charge < -0.3 is 15.1 Å². The van der Waals surface area contributed by atoms with Crippen LogP contribution in [-0.4, -0.2) is 34.9 Å². The molecule has 2 N–H and O–H groups in total. The minimum absolute atomic E-state index is 0.0153. The molecule has 0 spiro atoms. The van der Waals surface area contributed by atoms with Gasteiger partial charge in [-0.05, 0) is 24.6 Å². The van der Waals surface area contributed by atoms with Crippen molar-refractivity contribution in [1.82, 2.24) is 4.98 Å². The van der Waals surface area contributed by atoms with Gasteiger partial charge >= 0.3 is 0 Å². The number of benzene rings is 1. The Morgan fingerprint density at radius 1 is 1.33 bits per heavy atom. The zero-order chi connectivity index (χ0) is 13.1. The molecule has 0 amide bonds. The summed E-state index contributed by atoms with van der Waals surface area (Å²) in [5.41, 5.74) is 1.71. The van der Waals surface area contributed by atoms with Crippen molar-refractivity contribution in [2.24, 2.45) is 0 Å². The summed E-state index contributed by atoms with van der Waals surface area (Å²) in [6, 6.07) is 9.60. The summed E-state index contributed by atoms with van der Waals surface area (Å²) in [5, 5.41) is 19.8. The number of anilines is 1. The third-order valence-corrected chi connectivity index (χ3v) is 2.89. The van der Waals surface area contributed by atoms with Crippen LogP contribution in [0.2, 0.25) is 0 Å². The second kappa shape index (κ2) is 5.33. The molecule has 18 heavy (non-hydrogen) atoms. The van der Waals surface area contributed by atoms with Gasteiger partial charge in [-0.25, -0.2) is 4.98 Å². The van der Waals surface area contributed by atoms with Crippen molar-refractivity contribution in [3.63, 3.8) is 0 Å². The van der Waals surface area contributed by atoms with Crippen LogP contribution in [0.15, 0.2) is 30.3 Å². The van der Waals surface area contributed by atoms with Crippen LogP contribution in [0, 0.1) is 0 Å². The Labute approximate surface area is 107 Å². The van der Waals surface area contributed by atoms with Crippen LogP contribution in [0.3, 0.4) is 0 Å². The van der Waals surface area contributed by atoms with E-state index < -0.39 is 6.10 Å². The third-order valence-electron chi connectivity index (χ3n) is 2.89. The number of pyridine rings is 1. The maximum Gasteiger partial charge on any atom is 0.129 e. The van der Waals surface area contributed by atoms with Crippen molar-refractivity contribution in [2.45, 2.75) is 19.6 Å². The molecule has 1 heterocycles. The molecule has 0 aliphatic rings. The number of likely N-dealkylation sites (N-methyl/N-ethyl adjacent to an activating group) is 1. The topological polar surface area (TPSA) is 56.6 Å². The number of aliphatic hydroxyl groups is 2. The molecule has 0 fully saturated rings. The first kappa shape index (κ1) is 12.8. The number of rotatable bonds is 4. The summed E-state index contributed by atoms with van der Waals surface area (Å²) >= 11 is 0. The number of hydrogen-bond acceptors (Lipinski definition) is 4. The van der Waals surface area contributed by atoms with Crippen LogP contribution < -0.4 is 4.90 Å². The summed E-state index contributed by atoms with van der Waals surface area (Å²) in [4.78, 5) is 6.43. The fourth-order valence-corrected chi connectivity index (χ4v) is 2.05. The molecule has 1 atom stereocenters. The molecule has 0 bridgehead atoms. The molecule has 1 aromatic heterocycles. The highest BCUT2D eigenvalue weighted by Gasteiger charge is 2.09. The zero-order valence-electron chi connectivity index (χ0n) is 10.7. The van der Waals surface area contributed by atoms with Crippen LogP contribution in [0.1, 0.15) is 12.5 Å². The Morgan fingerprint density at radius 3 is 2.72 bits per heavy atom. The molecule has 0 radical (unpaired) electrons. The van der Waals surface area contributed by atoms with E-state index in [-0.39, 0.29) is 6.61 Å². The van der Waals surface area contributed by atoms with E-state index >= 15 is 0 Å². The zero-order valence-corrected chi connectivity index (χ0v) is 10.7. The van der Waals surface area contributed by atoms with Gasteiger partial charge in [-0.1, -0.05) is 18.2 Å². The largest absolute Gasteiger partial charge is 0.392 e. The molecule has 4 nitrogen and oxygen atoms in total. The number of aromatic nitrogens is 1.